The lowest BCUT2D eigenvalue weighted by atomic mass is 9.90. The van der Waals surface area contributed by atoms with Crippen molar-refractivity contribution in [2.45, 2.75) is 33.1 Å². The number of likely N-dealkylation sites (tertiary alicyclic amines) is 1. The highest BCUT2D eigenvalue weighted by Gasteiger charge is 2.23. The Morgan fingerprint density at radius 1 is 1.26 bits per heavy atom. The maximum absolute atomic E-state index is 11.6. The van der Waals surface area contributed by atoms with Gasteiger partial charge in [0.15, 0.2) is 0 Å². The minimum Gasteiger partial charge on any atom is -0.450 e. The molecule has 1 aromatic carbocycles. The molecule has 1 heterocycles. The van der Waals surface area contributed by atoms with E-state index in [0.717, 1.165) is 32.4 Å². The molecule has 0 atom stereocenters. The molecule has 0 unspecified atom stereocenters. The number of amides is 1. The highest BCUT2D eigenvalue weighted by atomic mass is 16.6. The Hall–Kier alpha value is -1.51. The average molecular weight is 261 g/mol. The van der Waals surface area contributed by atoms with E-state index < -0.39 is 0 Å². The summed E-state index contributed by atoms with van der Waals surface area (Å²) in [6.45, 7) is 6.08. The standard InChI is InChI=1S/C16H23NO2/c1-3-19-16(18)17-10-8-15(9-11-17)12-14-6-4-13(2)5-7-14/h4-7,15H,3,8-12H2,1-2H3. The molecule has 1 aromatic rings. The van der Waals surface area contributed by atoms with Crippen LogP contribution in [0.3, 0.4) is 0 Å². The lowest BCUT2D eigenvalue weighted by Crippen LogP contribution is -2.39. The summed E-state index contributed by atoms with van der Waals surface area (Å²) >= 11 is 0. The van der Waals surface area contributed by atoms with Crippen LogP contribution in [0, 0.1) is 12.8 Å². The second-order valence-corrected chi connectivity index (χ2v) is 5.32. The Labute approximate surface area is 115 Å². The zero-order valence-electron chi connectivity index (χ0n) is 11.9. The van der Waals surface area contributed by atoms with Crippen LogP contribution in [0.25, 0.3) is 0 Å². The topological polar surface area (TPSA) is 29.5 Å². The normalized spacial score (nSPS) is 16.4. The van der Waals surface area contributed by atoms with E-state index in [1.807, 2.05) is 11.8 Å². The summed E-state index contributed by atoms with van der Waals surface area (Å²) in [5.41, 5.74) is 2.71. The second kappa shape index (κ2) is 6.60. The first-order chi connectivity index (χ1) is 9.19. The minimum atomic E-state index is -0.156. The summed E-state index contributed by atoms with van der Waals surface area (Å²) in [6.07, 6.45) is 3.12. The van der Waals surface area contributed by atoms with Crippen LogP contribution in [0.2, 0.25) is 0 Å². The number of rotatable bonds is 3. The van der Waals surface area contributed by atoms with Crippen molar-refractivity contribution in [3.8, 4) is 0 Å². The van der Waals surface area contributed by atoms with Crippen molar-refractivity contribution in [1.82, 2.24) is 4.90 Å². The third-order valence-corrected chi connectivity index (χ3v) is 3.79. The van der Waals surface area contributed by atoms with Gasteiger partial charge < -0.3 is 9.64 Å². The molecular weight excluding hydrogens is 238 g/mol. The zero-order chi connectivity index (χ0) is 13.7. The van der Waals surface area contributed by atoms with E-state index in [-0.39, 0.29) is 6.09 Å². The molecule has 19 heavy (non-hydrogen) atoms. The molecule has 1 fully saturated rings. The van der Waals surface area contributed by atoms with E-state index in [1.54, 1.807) is 0 Å². The van der Waals surface area contributed by atoms with Crippen LogP contribution < -0.4 is 0 Å². The second-order valence-electron chi connectivity index (χ2n) is 5.32. The number of ether oxygens (including phenoxy) is 1. The van der Waals surface area contributed by atoms with Gasteiger partial charge in [0.1, 0.15) is 0 Å². The SMILES string of the molecule is CCOC(=O)N1CCC(Cc2ccc(C)cc2)CC1. The quantitative estimate of drug-likeness (QED) is 0.834. The van der Waals surface area contributed by atoms with E-state index in [2.05, 4.69) is 31.2 Å². The molecular formula is C16H23NO2. The Kier molecular flexibility index (Phi) is 4.83. The van der Waals surface area contributed by atoms with Gasteiger partial charge in [0.2, 0.25) is 0 Å². The summed E-state index contributed by atoms with van der Waals surface area (Å²) < 4.78 is 5.04. The molecule has 1 saturated heterocycles. The van der Waals surface area contributed by atoms with Gasteiger partial charge >= 0.3 is 6.09 Å². The van der Waals surface area contributed by atoms with Gasteiger partial charge in [-0.05, 0) is 44.6 Å². The third-order valence-electron chi connectivity index (χ3n) is 3.79. The van der Waals surface area contributed by atoms with E-state index in [1.165, 1.54) is 11.1 Å². The first-order valence-corrected chi connectivity index (χ1v) is 7.16. The molecule has 1 aliphatic rings. The Morgan fingerprint density at radius 2 is 1.89 bits per heavy atom. The molecule has 0 spiro atoms. The van der Waals surface area contributed by atoms with Crippen LogP contribution in [0.5, 0.6) is 0 Å². The van der Waals surface area contributed by atoms with E-state index in [0.29, 0.717) is 12.5 Å². The van der Waals surface area contributed by atoms with Crippen LogP contribution in [-0.2, 0) is 11.2 Å². The van der Waals surface area contributed by atoms with Crippen LogP contribution in [0.1, 0.15) is 30.9 Å². The van der Waals surface area contributed by atoms with Crippen molar-refractivity contribution >= 4 is 6.09 Å². The number of benzene rings is 1. The first-order valence-electron chi connectivity index (χ1n) is 7.16. The number of hydrogen-bond acceptors (Lipinski definition) is 2. The highest BCUT2D eigenvalue weighted by Crippen LogP contribution is 2.22. The number of piperidine rings is 1. The number of nitrogens with zero attached hydrogens (tertiary/aromatic N) is 1. The molecule has 0 N–H and O–H groups in total. The van der Waals surface area contributed by atoms with Crippen molar-refractivity contribution in [1.29, 1.82) is 0 Å². The largest absolute Gasteiger partial charge is 0.450 e. The van der Waals surface area contributed by atoms with Crippen LogP contribution in [0.4, 0.5) is 4.79 Å². The fourth-order valence-electron chi connectivity index (χ4n) is 2.59. The van der Waals surface area contributed by atoms with Gasteiger partial charge in [0.05, 0.1) is 6.61 Å². The van der Waals surface area contributed by atoms with Crippen molar-refractivity contribution in [2.24, 2.45) is 5.92 Å². The Morgan fingerprint density at radius 3 is 2.47 bits per heavy atom. The summed E-state index contributed by atoms with van der Waals surface area (Å²) in [6, 6.07) is 8.77. The monoisotopic (exact) mass is 261 g/mol. The summed E-state index contributed by atoms with van der Waals surface area (Å²) in [4.78, 5) is 13.4. The van der Waals surface area contributed by atoms with Crippen molar-refractivity contribution in [3.63, 3.8) is 0 Å². The summed E-state index contributed by atoms with van der Waals surface area (Å²) in [5.74, 6) is 0.688. The number of hydrogen-bond donors (Lipinski definition) is 0. The Balaban J connectivity index is 1.80. The van der Waals surface area contributed by atoms with E-state index >= 15 is 0 Å². The van der Waals surface area contributed by atoms with Crippen LogP contribution in [0.15, 0.2) is 24.3 Å². The fourth-order valence-corrected chi connectivity index (χ4v) is 2.59. The van der Waals surface area contributed by atoms with Gasteiger partial charge in [-0.1, -0.05) is 29.8 Å². The van der Waals surface area contributed by atoms with Crippen LogP contribution >= 0.6 is 0 Å². The zero-order valence-corrected chi connectivity index (χ0v) is 11.9. The lowest BCUT2D eigenvalue weighted by Gasteiger charge is -2.31. The predicted molar refractivity (Wildman–Crippen MR) is 76.2 cm³/mol. The molecule has 2 rings (SSSR count). The van der Waals surface area contributed by atoms with Crippen molar-refractivity contribution in [3.05, 3.63) is 35.4 Å². The molecule has 3 heteroatoms. The number of aryl methyl sites for hydroxylation is 1. The average Bonchev–Trinajstić information content (AvgIpc) is 2.42. The summed E-state index contributed by atoms with van der Waals surface area (Å²) in [5, 5.41) is 0. The van der Waals surface area contributed by atoms with Crippen molar-refractivity contribution in [2.75, 3.05) is 19.7 Å². The van der Waals surface area contributed by atoms with Crippen LogP contribution in [-0.4, -0.2) is 30.7 Å². The minimum absolute atomic E-state index is 0.156. The molecule has 0 bridgehead atoms. The highest BCUT2D eigenvalue weighted by molar-refractivity contribution is 5.67. The smallest absolute Gasteiger partial charge is 0.409 e. The first kappa shape index (κ1) is 13.9. The van der Waals surface area contributed by atoms with Gasteiger partial charge in [-0.2, -0.15) is 0 Å². The van der Waals surface area contributed by atoms with Gasteiger partial charge in [-0.3, -0.25) is 0 Å². The maximum Gasteiger partial charge on any atom is 0.409 e. The molecule has 1 amide bonds. The predicted octanol–water partition coefficient (Wildman–Crippen LogP) is 3.41. The maximum atomic E-state index is 11.6. The third kappa shape index (κ3) is 3.98. The molecule has 0 radical (unpaired) electrons. The number of carbonyl (C=O) groups excluding carboxylic acids is 1. The van der Waals surface area contributed by atoms with Gasteiger partial charge in [0.25, 0.3) is 0 Å². The summed E-state index contributed by atoms with van der Waals surface area (Å²) in [7, 11) is 0. The molecule has 104 valence electrons. The number of carbonyl (C=O) groups is 1. The van der Waals surface area contributed by atoms with E-state index in [4.69, 9.17) is 4.74 Å². The van der Waals surface area contributed by atoms with Gasteiger partial charge in [-0.25, -0.2) is 4.79 Å². The molecule has 1 aliphatic heterocycles. The van der Waals surface area contributed by atoms with Crippen molar-refractivity contribution < 1.29 is 9.53 Å². The molecule has 0 saturated carbocycles. The molecule has 0 aliphatic carbocycles. The molecule has 0 aromatic heterocycles. The van der Waals surface area contributed by atoms with Gasteiger partial charge in [-0.15, -0.1) is 0 Å². The fraction of sp³-hybridized carbons (Fsp3) is 0.562. The van der Waals surface area contributed by atoms with Gasteiger partial charge in [0, 0.05) is 13.1 Å². The lowest BCUT2D eigenvalue weighted by molar-refractivity contribution is 0.0918. The Bertz CT molecular complexity index is 405. The molecule has 3 nitrogen and oxygen atoms in total. The van der Waals surface area contributed by atoms with E-state index in [9.17, 15) is 4.79 Å².